The zero-order chi connectivity index (χ0) is 8.10. The molecule has 0 saturated carbocycles. The molecule has 1 heteroatoms. The maximum absolute atomic E-state index is 3.91. The minimum absolute atomic E-state index is 1.02. The third-order valence-corrected chi connectivity index (χ3v) is 2.16. The molecule has 11 heavy (non-hydrogen) atoms. The Morgan fingerprint density at radius 2 is 1.91 bits per heavy atom. The van der Waals surface area contributed by atoms with Gasteiger partial charge in [0.2, 0.25) is 0 Å². The maximum atomic E-state index is 3.91. The monoisotopic (exact) mass is 151 g/mol. The van der Waals surface area contributed by atoms with Crippen LogP contribution in [0.2, 0.25) is 0 Å². The summed E-state index contributed by atoms with van der Waals surface area (Å²) in [7, 11) is 0. The summed E-state index contributed by atoms with van der Waals surface area (Å²) in [6, 6.07) is 0. The van der Waals surface area contributed by atoms with Gasteiger partial charge in [0.05, 0.1) is 0 Å². The van der Waals surface area contributed by atoms with Crippen molar-refractivity contribution in [3.05, 3.63) is 24.8 Å². The molecule has 0 N–H and O–H groups in total. The van der Waals surface area contributed by atoms with Gasteiger partial charge in [-0.2, -0.15) is 0 Å². The Kier molecular flexibility index (Phi) is 3.37. The fourth-order valence-electron chi connectivity index (χ4n) is 1.47. The van der Waals surface area contributed by atoms with Crippen LogP contribution in [0.3, 0.4) is 0 Å². The molecule has 0 aliphatic carbocycles. The molecule has 1 fully saturated rings. The van der Waals surface area contributed by atoms with Crippen LogP contribution in [0, 0.1) is 0 Å². The van der Waals surface area contributed by atoms with Crippen molar-refractivity contribution in [3.8, 4) is 0 Å². The molecule has 0 amide bonds. The van der Waals surface area contributed by atoms with Crippen LogP contribution in [0.4, 0.5) is 0 Å². The van der Waals surface area contributed by atoms with Gasteiger partial charge in [-0.1, -0.05) is 25.7 Å². The van der Waals surface area contributed by atoms with Crippen molar-refractivity contribution >= 4 is 0 Å². The first-order valence-electron chi connectivity index (χ1n) is 4.35. The molecule has 0 atom stereocenters. The van der Waals surface area contributed by atoms with Gasteiger partial charge in [0.15, 0.2) is 0 Å². The van der Waals surface area contributed by atoms with Crippen molar-refractivity contribution in [2.45, 2.75) is 19.3 Å². The van der Waals surface area contributed by atoms with Crippen LogP contribution in [0.25, 0.3) is 0 Å². The van der Waals surface area contributed by atoms with Gasteiger partial charge in [0.25, 0.3) is 0 Å². The van der Waals surface area contributed by atoms with E-state index >= 15 is 0 Å². The predicted molar refractivity (Wildman–Crippen MR) is 49.6 cm³/mol. The lowest BCUT2D eigenvalue weighted by Gasteiger charge is -2.26. The molecule has 1 nitrogen and oxygen atoms in total. The Morgan fingerprint density at radius 3 is 2.45 bits per heavy atom. The van der Waals surface area contributed by atoms with E-state index in [0.29, 0.717) is 0 Å². The van der Waals surface area contributed by atoms with Crippen molar-refractivity contribution in [3.63, 3.8) is 0 Å². The molecular weight excluding hydrogens is 134 g/mol. The Hall–Kier alpha value is -0.560. The Morgan fingerprint density at radius 1 is 1.27 bits per heavy atom. The minimum atomic E-state index is 1.02. The average Bonchev–Trinajstić information content (AvgIpc) is 2.06. The van der Waals surface area contributed by atoms with Crippen molar-refractivity contribution < 1.29 is 0 Å². The summed E-state index contributed by atoms with van der Waals surface area (Å²) in [5, 5.41) is 0. The Bertz CT molecular complexity index is 143. The van der Waals surface area contributed by atoms with E-state index in [-0.39, 0.29) is 0 Å². The van der Waals surface area contributed by atoms with Crippen molar-refractivity contribution in [2.75, 3.05) is 19.6 Å². The number of hydrogen-bond donors (Lipinski definition) is 0. The Labute approximate surface area is 69.4 Å². The molecule has 0 spiro atoms. The maximum Gasteiger partial charge on any atom is 0.0227 e. The highest BCUT2D eigenvalue weighted by Crippen LogP contribution is 2.09. The number of likely N-dealkylation sites (tertiary alicyclic amines) is 1. The molecule has 0 aromatic heterocycles. The van der Waals surface area contributed by atoms with Gasteiger partial charge >= 0.3 is 0 Å². The van der Waals surface area contributed by atoms with Crippen molar-refractivity contribution in [2.24, 2.45) is 0 Å². The van der Waals surface area contributed by atoms with Crippen LogP contribution >= 0.6 is 0 Å². The normalized spacial score (nSPS) is 19.6. The summed E-state index contributed by atoms with van der Waals surface area (Å²) in [5.74, 6) is 0. The molecule has 1 aliphatic heterocycles. The third kappa shape index (κ3) is 2.89. The zero-order valence-corrected chi connectivity index (χ0v) is 7.18. The van der Waals surface area contributed by atoms with E-state index < -0.39 is 0 Å². The average molecular weight is 151 g/mol. The fourth-order valence-corrected chi connectivity index (χ4v) is 1.47. The first kappa shape index (κ1) is 8.54. The molecule has 0 bridgehead atoms. The van der Waals surface area contributed by atoms with Gasteiger partial charge in [-0.25, -0.2) is 0 Å². The standard InChI is InChI=1S/C10H17N/c1-3-10(2)9-11-7-5-4-6-8-11/h3H,1-2,4-9H2. The summed E-state index contributed by atoms with van der Waals surface area (Å²) in [5.41, 5.74) is 1.15. The van der Waals surface area contributed by atoms with E-state index in [4.69, 9.17) is 0 Å². The van der Waals surface area contributed by atoms with Gasteiger partial charge in [-0.3, -0.25) is 4.90 Å². The molecule has 1 saturated heterocycles. The molecule has 62 valence electrons. The SMILES string of the molecule is C=CC(=C)CN1CCCCC1. The van der Waals surface area contributed by atoms with Crippen LogP contribution < -0.4 is 0 Å². The second-order valence-corrected chi connectivity index (χ2v) is 3.20. The lowest BCUT2D eigenvalue weighted by atomic mass is 10.1. The van der Waals surface area contributed by atoms with Gasteiger partial charge in [0, 0.05) is 6.54 Å². The summed E-state index contributed by atoms with van der Waals surface area (Å²) in [4.78, 5) is 2.45. The van der Waals surface area contributed by atoms with Crippen LogP contribution in [-0.4, -0.2) is 24.5 Å². The minimum Gasteiger partial charge on any atom is -0.299 e. The number of rotatable bonds is 3. The molecule has 1 aliphatic rings. The molecule has 0 aromatic carbocycles. The second kappa shape index (κ2) is 4.35. The highest BCUT2D eigenvalue weighted by atomic mass is 15.1. The molecule has 0 unspecified atom stereocenters. The molecule has 0 radical (unpaired) electrons. The summed E-state index contributed by atoms with van der Waals surface area (Å²) < 4.78 is 0. The molecule has 0 aromatic rings. The van der Waals surface area contributed by atoms with E-state index in [2.05, 4.69) is 18.1 Å². The van der Waals surface area contributed by atoms with Crippen LogP contribution in [0.5, 0.6) is 0 Å². The molecule has 1 rings (SSSR count). The first-order chi connectivity index (χ1) is 5.33. The van der Waals surface area contributed by atoms with E-state index in [1.165, 1.54) is 32.4 Å². The van der Waals surface area contributed by atoms with E-state index in [1.54, 1.807) is 0 Å². The van der Waals surface area contributed by atoms with Gasteiger partial charge in [-0.15, -0.1) is 0 Å². The number of hydrogen-bond acceptors (Lipinski definition) is 1. The smallest absolute Gasteiger partial charge is 0.0227 e. The van der Waals surface area contributed by atoms with E-state index in [1.807, 2.05) is 6.08 Å². The number of nitrogens with zero attached hydrogens (tertiary/aromatic N) is 1. The largest absolute Gasteiger partial charge is 0.299 e. The zero-order valence-electron chi connectivity index (χ0n) is 7.18. The third-order valence-electron chi connectivity index (χ3n) is 2.16. The van der Waals surface area contributed by atoms with Crippen LogP contribution in [-0.2, 0) is 0 Å². The highest BCUT2D eigenvalue weighted by Gasteiger charge is 2.08. The highest BCUT2D eigenvalue weighted by molar-refractivity contribution is 5.12. The summed E-state index contributed by atoms with van der Waals surface area (Å²) in [6.07, 6.45) is 5.96. The second-order valence-electron chi connectivity index (χ2n) is 3.20. The fraction of sp³-hybridized carbons (Fsp3) is 0.600. The predicted octanol–water partition coefficient (Wildman–Crippen LogP) is 2.21. The van der Waals surface area contributed by atoms with Gasteiger partial charge in [0.1, 0.15) is 0 Å². The van der Waals surface area contributed by atoms with Crippen molar-refractivity contribution in [1.29, 1.82) is 0 Å². The van der Waals surface area contributed by atoms with Crippen LogP contribution in [0.1, 0.15) is 19.3 Å². The molecule has 1 heterocycles. The van der Waals surface area contributed by atoms with E-state index in [9.17, 15) is 0 Å². The summed E-state index contributed by atoms with van der Waals surface area (Å²) >= 11 is 0. The van der Waals surface area contributed by atoms with E-state index in [0.717, 1.165) is 12.1 Å². The van der Waals surface area contributed by atoms with Crippen LogP contribution in [0.15, 0.2) is 24.8 Å². The summed E-state index contributed by atoms with van der Waals surface area (Å²) in [6.45, 7) is 11.1. The lowest BCUT2D eigenvalue weighted by molar-refractivity contribution is 0.248. The van der Waals surface area contributed by atoms with Gasteiger partial charge < -0.3 is 0 Å². The quantitative estimate of drug-likeness (QED) is 0.559. The first-order valence-corrected chi connectivity index (χ1v) is 4.35. The van der Waals surface area contributed by atoms with Gasteiger partial charge in [-0.05, 0) is 31.5 Å². The Balaban J connectivity index is 2.24. The van der Waals surface area contributed by atoms with Crippen molar-refractivity contribution in [1.82, 2.24) is 4.90 Å². The lowest BCUT2D eigenvalue weighted by Crippen LogP contribution is -2.30. The molecular formula is C10H17N. The number of piperidine rings is 1. The topological polar surface area (TPSA) is 3.24 Å².